The Bertz CT molecular complexity index is 1850. The van der Waals surface area contributed by atoms with E-state index in [0.717, 1.165) is 21.5 Å². The molecule has 0 unspecified atom stereocenters. The number of aromatic amines is 1. The van der Waals surface area contributed by atoms with Crippen LogP contribution in [0.5, 0.6) is 0 Å². The maximum Gasteiger partial charge on any atom is 0.504 e. The van der Waals surface area contributed by atoms with Gasteiger partial charge in [-0.3, -0.25) is 9.59 Å². The Morgan fingerprint density at radius 2 is 1.62 bits per heavy atom. The van der Waals surface area contributed by atoms with E-state index in [1.165, 1.54) is 19.3 Å². The van der Waals surface area contributed by atoms with Crippen LogP contribution >= 0.6 is 0 Å². The van der Waals surface area contributed by atoms with E-state index in [1.54, 1.807) is 30.3 Å². The van der Waals surface area contributed by atoms with Crippen LogP contribution in [0.15, 0.2) is 70.8 Å². The molecule has 208 valence electrons. The molecule has 0 radical (unpaired) electrons. The molecule has 0 amide bonds. The summed E-state index contributed by atoms with van der Waals surface area (Å²) >= 11 is 0. The van der Waals surface area contributed by atoms with Crippen molar-refractivity contribution in [3.05, 3.63) is 87.5 Å². The Morgan fingerprint density at radius 3 is 2.23 bits per heavy atom. The normalized spacial score (nSPS) is 12.4. The van der Waals surface area contributed by atoms with E-state index in [4.69, 9.17) is 0 Å². The van der Waals surface area contributed by atoms with E-state index in [2.05, 4.69) is 10.1 Å². The standard InChI is InChI=1S/C26H19F6N5O3/c1-35-12-18(16-9-19(34-22(16)24(35)40)15-10-33-37(11-15)26(30,31)32)20-17(14-5-3-2-4-6-14)13-36(7-8-38)23(39)21(20)25(27,28)29/h2-6,9-13,34,38H,7-8H2,1H3. The molecule has 5 rings (SSSR count). The zero-order valence-corrected chi connectivity index (χ0v) is 20.5. The molecule has 0 saturated heterocycles. The fraction of sp³-hybridized carbons (Fsp3) is 0.192. The van der Waals surface area contributed by atoms with Crippen LogP contribution < -0.4 is 11.1 Å². The van der Waals surface area contributed by atoms with Crippen LogP contribution in [0.3, 0.4) is 0 Å². The lowest BCUT2D eigenvalue weighted by Gasteiger charge is -2.20. The molecule has 4 heterocycles. The van der Waals surface area contributed by atoms with Gasteiger partial charge < -0.3 is 19.2 Å². The van der Waals surface area contributed by atoms with Crippen LogP contribution in [-0.4, -0.2) is 35.6 Å². The Kier molecular flexibility index (Phi) is 6.45. The van der Waals surface area contributed by atoms with Crippen molar-refractivity contribution in [2.24, 2.45) is 7.05 Å². The number of halogens is 6. The number of nitrogens with one attached hydrogen (secondary N) is 1. The Balaban J connectivity index is 1.90. The van der Waals surface area contributed by atoms with Crippen molar-refractivity contribution in [1.82, 2.24) is 23.9 Å². The van der Waals surface area contributed by atoms with Crippen molar-refractivity contribution in [1.29, 1.82) is 0 Å². The molecule has 2 N–H and O–H groups in total. The third-order valence-electron chi connectivity index (χ3n) is 6.38. The summed E-state index contributed by atoms with van der Waals surface area (Å²) in [6.45, 7) is -0.996. The molecule has 8 nitrogen and oxygen atoms in total. The quantitative estimate of drug-likeness (QED) is 0.303. The summed E-state index contributed by atoms with van der Waals surface area (Å²) in [6, 6.07) is 9.17. The molecule has 0 aliphatic rings. The fourth-order valence-corrected chi connectivity index (χ4v) is 4.61. The summed E-state index contributed by atoms with van der Waals surface area (Å²) in [5.41, 5.74) is -4.18. The fourth-order valence-electron chi connectivity index (χ4n) is 4.61. The highest BCUT2D eigenvalue weighted by Crippen LogP contribution is 2.43. The number of aliphatic hydroxyl groups is 1. The number of H-pyrrole nitrogens is 1. The number of aliphatic hydroxyl groups excluding tert-OH is 1. The molecule has 0 fully saturated rings. The van der Waals surface area contributed by atoms with Gasteiger partial charge in [0.05, 0.1) is 12.8 Å². The molecule has 4 aromatic heterocycles. The van der Waals surface area contributed by atoms with Gasteiger partial charge in [0.25, 0.3) is 11.1 Å². The molecule has 0 bridgehead atoms. The third kappa shape index (κ3) is 4.59. The topological polar surface area (TPSA) is 97.8 Å². The first-order valence-corrected chi connectivity index (χ1v) is 11.7. The number of nitrogens with zero attached hydrogens (tertiary/aromatic N) is 4. The Hall–Kier alpha value is -4.59. The SMILES string of the molecule is Cn1cc(-c2c(-c3ccccc3)cn(CCO)c(=O)c2C(F)(F)F)c2cc(-c3cnn(C(F)(F)F)c3)[nH]c2c1=O. The van der Waals surface area contributed by atoms with Gasteiger partial charge in [0.2, 0.25) is 0 Å². The van der Waals surface area contributed by atoms with Gasteiger partial charge >= 0.3 is 12.5 Å². The molecule has 0 atom stereocenters. The van der Waals surface area contributed by atoms with Gasteiger partial charge in [-0.05, 0) is 11.6 Å². The predicted molar refractivity (Wildman–Crippen MR) is 133 cm³/mol. The van der Waals surface area contributed by atoms with Crippen LogP contribution in [0.4, 0.5) is 26.3 Å². The minimum atomic E-state index is -5.15. The number of hydrogen-bond donors (Lipinski definition) is 2. The molecule has 40 heavy (non-hydrogen) atoms. The minimum Gasteiger partial charge on any atom is -0.395 e. The number of pyridine rings is 2. The number of aryl methyl sites for hydroxylation is 1. The molecule has 1 aromatic carbocycles. The minimum absolute atomic E-state index is 0.00140. The number of rotatable bonds is 5. The van der Waals surface area contributed by atoms with Crippen LogP contribution in [0.25, 0.3) is 44.4 Å². The Morgan fingerprint density at radius 1 is 0.925 bits per heavy atom. The van der Waals surface area contributed by atoms with E-state index >= 15 is 0 Å². The van der Waals surface area contributed by atoms with Crippen LogP contribution in [0, 0.1) is 0 Å². The van der Waals surface area contributed by atoms with Gasteiger partial charge in [-0.1, -0.05) is 30.3 Å². The highest BCUT2D eigenvalue weighted by atomic mass is 19.4. The average Bonchev–Trinajstić information content (AvgIpc) is 3.55. The highest BCUT2D eigenvalue weighted by molar-refractivity contribution is 6.01. The van der Waals surface area contributed by atoms with Gasteiger partial charge in [0, 0.05) is 65.5 Å². The van der Waals surface area contributed by atoms with Crippen molar-refractivity contribution in [3.8, 4) is 33.5 Å². The second kappa shape index (κ2) is 9.55. The van der Waals surface area contributed by atoms with Gasteiger partial charge in [0.15, 0.2) is 0 Å². The lowest BCUT2D eigenvalue weighted by atomic mass is 9.91. The van der Waals surface area contributed by atoms with Crippen LogP contribution in [0.1, 0.15) is 5.56 Å². The predicted octanol–water partition coefficient (Wildman–Crippen LogP) is 4.71. The maximum absolute atomic E-state index is 14.6. The first-order valence-electron chi connectivity index (χ1n) is 11.7. The smallest absolute Gasteiger partial charge is 0.395 e. The van der Waals surface area contributed by atoms with Gasteiger partial charge in [-0.25, -0.2) is 0 Å². The molecule has 0 saturated carbocycles. The zero-order valence-electron chi connectivity index (χ0n) is 20.5. The second-order valence-corrected chi connectivity index (χ2v) is 8.95. The maximum atomic E-state index is 14.6. The average molecular weight is 563 g/mol. The van der Waals surface area contributed by atoms with Crippen molar-refractivity contribution < 1.29 is 31.4 Å². The lowest BCUT2D eigenvalue weighted by Crippen LogP contribution is -2.31. The van der Waals surface area contributed by atoms with Crippen LogP contribution in [0.2, 0.25) is 0 Å². The Labute approximate surface area is 220 Å². The molecular formula is C26H19F6N5O3. The van der Waals surface area contributed by atoms with Crippen molar-refractivity contribution in [3.63, 3.8) is 0 Å². The number of alkyl halides is 6. The molecule has 0 aliphatic heterocycles. The van der Waals surface area contributed by atoms with Crippen molar-refractivity contribution in [2.45, 2.75) is 19.0 Å². The number of benzene rings is 1. The molecule has 14 heteroatoms. The number of hydrogen-bond acceptors (Lipinski definition) is 4. The summed E-state index contributed by atoms with van der Waals surface area (Å²) in [5, 5.41) is 12.6. The zero-order chi connectivity index (χ0) is 29.0. The number of fused-ring (bicyclic) bond motifs is 1. The lowest BCUT2D eigenvalue weighted by molar-refractivity contribution is -0.212. The molecule has 5 aromatic rings. The number of aromatic nitrogens is 5. The van der Waals surface area contributed by atoms with E-state index < -0.39 is 47.9 Å². The van der Waals surface area contributed by atoms with Crippen molar-refractivity contribution in [2.75, 3.05) is 6.61 Å². The summed E-state index contributed by atoms with van der Waals surface area (Å²) in [5.74, 6) is 0. The van der Waals surface area contributed by atoms with E-state index in [-0.39, 0.29) is 38.0 Å². The molecule has 0 aliphatic carbocycles. The highest BCUT2D eigenvalue weighted by Gasteiger charge is 2.40. The summed E-state index contributed by atoms with van der Waals surface area (Å²) in [6.07, 6.45) is -6.04. The first-order chi connectivity index (χ1) is 18.8. The van der Waals surface area contributed by atoms with Gasteiger partial charge in [0.1, 0.15) is 11.1 Å². The second-order valence-electron chi connectivity index (χ2n) is 8.95. The van der Waals surface area contributed by atoms with E-state index in [0.29, 0.717) is 11.8 Å². The van der Waals surface area contributed by atoms with E-state index in [1.807, 2.05) is 0 Å². The van der Waals surface area contributed by atoms with Gasteiger partial charge in [-0.15, -0.1) is 13.2 Å². The molecule has 0 spiro atoms. The monoisotopic (exact) mass is 563 g/mol. The summed E-state index contributed by atoms with van der Waals surface area (Å²) < 4.78 is 84.6. The largest absolute Gasteiger partial charge is 0.504 e. The van der Waals surface area contributed by atoms with Crippen molar-refractivity contribution >= 4 is 10.9 Å². The summed E-state index contributed by atoms with van der Waals surface area (Å²) in [4.78, 5) is 28.8. The van der Waals surface area contributed by atoms with Gasteiger partial charge in [-0.2, -0.15) is 23.0 Å². The van der Waals surface area contributed by atoms with Crippen LogP contribution in [-0.2, 0) is 26.1 Å². The molecular weight excluding hydrogens is 544 g/mol. The first kappa shape index (κ1) is 27.0. The summed E-state index contributed by atoms with van der Waals surface area (Å²) in [7, 11) is 1.30. The third-order valence-corrected chi connectivity index (χ3v) is 6.38. The van der Waals surface area contributed by atoms with E-state index in [9.17, 15) is 41.0 Å².